The normalized spacial score (nSPS) is 12.9. The number of benzene rings is 2. The highest BCUT2D eigenvalue weighted by Gasteiger charge is 2.21. The molecule has 0 radical (unpaired) electrons. The number of fused-ring (bicyclic) bond motifs is 1. The third-order valence-electron chi connectivity index (χ3n) is 4.28. The van der Waals surface area contributed by atoms with E-state index >= 15 is 0 Å². The molecule has 3 rings (SSSR count). The molecular weight excluding hydrogens is 392 g/mol. The molecule has 2 aromatic carbocycles. The standard InChI is InChI=1S/C21H24N2O5S/c1-29-10-9-17(23-20(24)13-26-16-5-3-2-4-6-16)21(25)22-12-15-7-8-18-19(11-15)28-14-27-18/h2-8,11,17H,9-10,12-14H2,1H3,(H,22,25)(H,23,24)/t17-/m1/s1. The van der Waals surface area contributed by atoms with Gasteiger partial charge >= 0.3 is 0 Å². The molecule has 2 N–H and O–H groups in total. The molecule has 154 valence electrons. The summed E-state index contributed by atoms with van der Waals surface area (Å²) >= 11 is 1.62. The van der Waals surface area contributed by atoms with Gasteiger partial charge in [-0.05, 0) is 48.3 Å². The minimum absolute atomic E-state index is 0.144. The molecule has 0 spiro atoms. The van der Waals surface area contributed by atoms with E-state index in [4.69, 9.17) is 14.2 Å². The first kappa shape index (κ1) is 20.9. The number of hydrogen-bond acceptors (Lipinski definition) is 6. The second-order valence-corrected chi connectivity index (χ2v) is 7.39. The van der Waals surface area contributed by atoms with Gasteiger partial charge in [0.15, 0.2) is 18.1 Å². The molecule has 0 saturated heterocycles. The number of amides is 2. The van der Waals surface area contributed by atoms with Crippen molar-refractivity contribution in [1.29, 1.82) is 0 Å². The third-order valence-corrected chi connectivity index (χ3v) is 4.92. The van der Waals surface area contributed by atoms with Crippen LogP contribution in [-0.4, -0.2) is 43.3 Å². The summed E-state index contributed by atoms with van der Waals surface area (Å²) in [5, 5.41) is 5.64. The van der Waals surface area contributed by atoms with Crippen LogP contribution in [0.2, 0.25) is 0 Å². The lowest BCUT2D eigenvalue weighted by molar-refractivity contribution is -0.130. The molecule has 1 aliphatic rings. The van der Waals surface area contributed by atoms with Gasteiger partial charge in [-0.2, -0.15) is 11.8 Å². The van der Waals surface area contributed by atoms with Crippen LogP contribution in [0.3, 0.4) is 0 Å². The van der Waals surface area contributed by atoms with Gasteiger partial charge in [0.05, 0.1) is 0 Å². The molecule has 1 aliphatic heterocycles. The summed E-state index contributed by atoms with van der Waals surface area (Å²) in [5.74, 6) is 2.16. The van der Waals surface area contributed by atoms with Crippen LogP contribution in [0, 0.1) is 0 Å². The van der Waals surface area contributed by atoms with Crippen molar-refractivity contribution in [2.45, 2.75) is 19.0 Å². The molecular formula is C21H24N2O5S. The number of nitrogens with one attached hydrogen (secondary N) is 2. The Kier molecular flexibility index (Phi) is 7.63. The zero-order chi connectivity index (χ0) is 20.5. The van der Waals surface area contributed by atoms with Gasteiger partial charge in [0.2, 0.25) is 12.7 Å². The van der Waals surface area contributed by atoms with Gasteiger partial charge in [-0.15, -0.1) is 0 Å². The largest absolute Gasteiger partial charge is 0.484 e. The van der Waals surface area contributed by atoms with Crippen LogP contribution in [0.4, 0.5) is 0 Å². The van der Waals surface area contributed by atoms with Gasteiger partial charge < -0.3 is 24.8 Å². The lowest BCUT2D eigenvalue weighted by Gasteiger charge is -2.18. The first-order chi connectivity index (χ1) is 14.2. The topological polar surface area (TPSA) is 85.9 Å². The van der Waals surface area contributed by atoms with Gasteiger partial charge in [-0.25, -0.2) is 0 Å². The van der Waals surface area contributed by atoms with Crippen LogP contribution in [0.15, 0.2) is 48.5 Å². The quantitative estimate of drug-likeness (QED) is 0.618. The Balaban J connectivity index is 1.51. The molecule has 0 aliphatic carbocycles. The van der Waals surface area contributed by atoms with Gasteiger partial charge in [-0.1, -0.05) is 24.3 Å². The van der Waals surface area contributed by atoms with Crippen molar-refractivity contribution in [3.63, 3.8) is 0 Å². The van der Waals surface area contributed by atoms with Crippen molar-refractivity contribution >= 4 is 23.6 Å². The van der Waals surface area contributed by atoms with Gasteiger partial charge in [0.25, 0.3) is 5.91 Å². The van der Waals surface area contributed by atoms with Crippen molar-refractivity contribution in [2.75, 3.05) is 25.4 Å². The third kappa shape index (κ3) is 6.32. The van der Waals surface area contributed by atoms with E-state index in [9.17, 15) is 9.59 Å². The van der Waals surface area contributed by atoms with E-state index in [1.165, 1.54) is 0 Å². The van der Waals surface area contributed by atoms with Crippen LogP contribution < -0.4 is 24.8 Å². The minimum atomic E-state index is -0.622. The number of rotatable bonds is 10. The van der Waals surface area contributed by atoms with Crippen LogP contribution in [0.5, 0.6) is 17.2 Å². The fourth-order valence-electron chi connectivity index (χ4n) is 2.77. The van der Waals surface area contributed by atoms with Crippen molar-refractivity contribution in [3.8, 4) is 17.2 Å². The molecule has 0 aromatic heterocycles. The fraction of sp³-hybridized carbons (Fsp3) is 0.333. The summed E-state index contributed by atoms with van der Waals surface area (Å²) in [6.45, 7) is 0.399. The molecule has 0 saturated carbocycles. The van der Waals surface area contributed by atoms with E-state index in [1.54, 1.807) is 23.9 Å². The van der Waals surface area contributed by atoms with Gasteiger partial charge in [-0.3, -0.25) is 9.59 Å². The molecule has 1 atom stereocenters. The van der Waals surface area contributed by atoms with Gasteiger partial charge in [0, 0.05) is 6.54 Å². The zero-order valence-corrected chi connectivity index (χ0v) is 17.0. The zero-order valence-electron chi connectivity index (χ0n) is 16.2. The van der Waals surface area contributed by atoms with E-state index in [2.05, 4.69) is 10.6 Å². The van der Waals surface area contributed by atoms with Crippen LogP contribution in [0.25, 0.3) is 0 Å². The monoisotopic (exact) mass is 416 g/mol. The van der Waals surface area contributed by atoms with E-state index in [0.717, 1.165) is 11.3 Å². The van der Waals surface area contributed by atoms with Gasteiger partial charge in [0.1, 0.15) is 11.8 Å². The Morgan fingerprint density at radius 3 is 2.72 bits per heavy atom. The highest BCUT2D eigenvalue weighted by molar-refractivity contribution is 7.98. The second kappa shape index (κ2) is 10.6. The Morgan fingerprint density at radius 1 is 1.14 bits per heavy atom. The number of carbonyl (C=O) groups excluding carboxylic acids is 2. The maximum atomic E-state index is 12.6. The van der Waals surface area contributed by atoms with Crippen molar-refractivity contribution < 1.29 is 23.8 Å². The van der Waals surface area contributed by atoms with Crippen LogP contribution >= 0.6 is 11.8 Å². The molecule has 0 bridgehead atoms. The lowest BCUT2D eigenvalue weighted by Crippen LogP contribution is -2.48. The highest BCUT2D eigenvalue weighted by Crippen LogP contribution is 2.32. The molecule has 29 heavy (non-hydrogen) atoms. The summed E-state index contributed by atoms with van der Waals surface area (Å²) in [4.78, 5) is 24.9. The first-order valence-corrected chi connectivity index (χ1v) is 10.7. The molecule has 0 unspecified atom stereocenters. The number of carbonyl (C=O) groups is 2. The summed E-state index contributed by atoms with van der Waals surface area (Å²) in [5.41, 5.74) is 0.893. The predicted octanol–water partition coefficient (Wildman–Crippen LogP) is 2.35. The summed E-state index contributed by atoms with van der Waals surface area (Å²) < 4.78 is 16.1. The molecule has 7 nitrogen and oxygen atoms in total. The summed E-state index contributed by atoms with van der Waals surface area (Å²) in [6.07, 6.45) is 2.49. The average molecular weight is 416 g/mol. The maximum Gasteiger partial charge on any atom is 0.258 e. The van der Waals surface area contributed by atoms with Crippen molar-refractivity contribution in [3.05, 3.63) is 54.1 Å². The predicted molar refractivity (Wildman–Crippen MR) is 111 cm³/mol. The Labute approximate surface area is 174 Å². The fourth-order valence-corrected chi connectivity index (χ4v) is 3.24. The number of para-hydroxylation sites is 1. The minimum Gasteiger partial charge on any atom is -0.484 e. The smallest absolute Gasteiger partial charge is 0.258 e. The average Bonchev–Trinajstić information content (AvgIpc) is 3.22. The number of hydrogen-bond donors (Lipinski definition) is 2. The first-order valence-electron chi connectivity index (χ1n) is 9.28. The molecule has 2 amide bonds. The Morgan fingerprint density at radius 2 is 1.93 bits per heavy atom. The molecule has 2 aromatic rings. The Hall–Kier alpha value is -2.87. The second-order valence-electron chi connectivity index (χ2n) is 6.41. The van der Waals surface area contributed by atoms with E-state index in [-0.39, 0.29) is 25.2 Å². The molecule has 8 heteroatoms. The van der Waals surface area contributed by atoms with Crippen LogP contribution in [0.1, 0.15) is 12.0 Å². The highest BCUT2D eigenvalue weighted by atomic mass is 32.2. The van der Waals surface area contributed by atoms with E-state index in [0.29, 0.717) is 30.2 Å². The van der Waals surface area contributed by atoms with Crippen molar-refractivity contribution in [1.82, 2.24) is 10.6 Å². The van der Waals surface area contributed by atoms with Crippen LogP contribution in [-0.2, 0) is 16.1 Å². The molecule has 0 fully saturated rings. The van der Waals surface area contributed by atoms with Crippen molar-refractivity contribution in [2.24, 2.45) is 0 Å². The summed E-state index contributed by atoms with van der Waals surface area (Å²) in [7, 11) is 0. The maximum absolute atomic E-state index is 12.6. The number of ether oxygens (including phenoxy) is 3. The lowest BCUT2D eigenvalue weighted by atomic mass is 10.1. The number of thioether (sulfide) groups is 1. The van der Waals surface area contributed by atoms with E-state index in [1.807, 2.05) is 42.7 Å². The van der Waals surface area contributed by atoms with E-state index < -0.39 is 6.04 Å². The summed E-state index contributed by atoms with van der Waals surface area (Å²) in [6, 6.07) is 14.0. The Bertz CT molecular complexity index is 831. The molecule has 1 heterocycles. The SMILES string of the molecule is CSCC[C@@H](NC(=O)COc1ccccc1)C(=O)NCc1ccc2c(c1)OCO2.